The van der Waals surface area contributed by atoms with E-state index >= 15 is 0 Å². The Bertz CT molecular complexity index is 896. The number of aliphatic carboxylic acids is 1. The molecule has 0 saturated carbocycles. The zero-order chi connectivity index (χ0) is 24.8. The lowest BCUT2D eigenvalue weighted by Gasteiger charge is -2.40. The molecule has 186 valence electrons. The summed E-state index contributed by atoms with van der Waals surface area (Å²) in [5, 5.41) is 9.52. The normalized spacial score (nSPS) is 23.2. The van der Waals surface area contributed by atoms with Crippen LogP contribution in [0.5, 0.6) is 0 Å². The van der Waals surface area contributed by atoms with Crippen LogP contribution in [0.15, 0.2) is 60.7 Å². The molecule has 0 unspecified atom stereocenters. The maximum Gasteiger partial charge on any atom is 0.306 e. The Balaban J connectivity index is 1.79. The fraction of sp³-hybridized carbons (Fsp3) is 0.519. The molecule has 34 heavy (non-hydrogen) atoms. The van der Waals surface area contributed by atoms with Gasteiger partial charge >= 0.3 is 5.97 Å². The van der Waals surface area contributed by atoms with Crippen molar-refractivity contribution in [2.24, 2.45) is 0 Å². The molecular formula is C27H38O6Si. The highest BCUT2D eigenvalue weighted by atomic mass is 28.4. The van der Waals surface area contributed by atoms with E-state index in [2.05, 4.69) is 33.9 Å². The Kier molecular flexibility index (Phi) is 9.06. The van der Waals surface area contributed by atoms with Crippen molar-refractivity contribution in [3.05, 3.63) is 71.8 Å². The van der Waals surface area contributed by atoms with Crippen LogP contribution in [-0.2, 0) is 36.6 Å². The van der Waals surface area contributed by atoms with E-state index in [0.29, 0.717) is 19.8 Å². The van der Waals surface area contributed by atoms with Crippen LogP contribution in [0.3, 0.4) is 0 Å². The average molecular weight is 487 g/mol. The molecule has 6 nitrogen and oxygen atoms in total. The lowest BCUT2D eigenvalue weighted by molar-refractivity contribution is -0.141. The minimum absolute atomic E-state index is 0.0351. The highest BCUT2D eigenvalue weighted by molar-refractivity contribution is 6.74. The van der Waals surface area contributed by atoms with E-state index in [-0.39, 0.29) is 11.5 Å². The molecule has 2 aromatic rings. The minimum Gasteiger partial charge on any atom is -0.481 e. The molecule has 1 N–H and O–H groups in total. The summed E-state index contributed by atoms with van der Waals surface area (Å²) in [5.41, 5.74) is 2.11. The van der Waals surface area contributed by atoms with Gasteiger partial charge in [0.1, 0.15) is 18.3 Å². The van der Waals surface area contributed by atoms with Crippen LogP contribution >= 0.6 is 0 Å². The molecule has 0 aliphatic carbocycles. The first kappa shape index (κ1) is 26.6. The van der Waals surface area contributed by atoms with Crippen LogP contribution in [0.25, 0.3) is 0 Å². The minimum atomic E-state index is -2.22. The standard InChI is InChI=1S/C27H38O6Si/c1-27(2,3)34(4,5)33-26-22(16-24(28)29)32-23(19-30-17-20-12-8-6-9-13-20)25(26)31-18-21-14-10-7-11-15-21/h6-15,22-23,25-26H,16-19H2,1-5H3,(H,28,29)/t22-,23+,25-,26-/m0/s1. The SMILES string of the molecule is CC(C)(C)[Si](C)(C)O[C@@H]1[C@@H](OCc2ccccc2)[C@@H](COCc2ccccc2)O[C@H]1CC(=O)O. The number of benzene rings is 2. The first-order valence-electron chi connectivity index (χ1n) is 11.9. The van der Waals surface area contributed by atoms with Crippen LogP contribution in [0.4, 0.5) is 0 Å². The molecule has 1 aliphatic heterocycles. The maximum atomic E-state index is 11.7. The van der Waals surface area contributed by atoms with Gasteiger partial charge in [0.15, 0.2) is 8.32 Å². The number of ether oxygens (including phenoxy) is 3. The van der Waals surface area contributed by atoms with E-state index in [4.69, 9.17) is 18.6 Å². The quantitative estimate of drug-likeness (QED) is 0.428. The third-order valence-corrected chi connectivity index (χ3v) is 11.2. The van der Waals surface area contributed by atoms with E-state index < -0.39 is 38.7 Å². The predicted molar refractivity (Wildman–Crippen MR) is 134 cm³/mol. The molecule has 0 radical (unpaired) electrons. The average Bonchev–Trinajstić information content (AvgIpc) is 3.07. The highest BCUT2D eigenvalue weighted by Gasteiger charge is 2.51. The van der Waals surface area contributed by atoms with Crippen molar-refractivity contribution in [2.45, 2.75) is 83.0 Å². The first-order chi connectivity index (χ1) is 16.1. The largest absolute Gasteiger partial charge is 0.481 e. The van der Waals surface area contributed by atoms with E-state index in [1.54, 1.807) is 0 Å². The maximum absolute atomic E-state index is 11.7. The van der Waals surface area contributed by atoms with E-state index in [1.165, 1.54) is 0 Å². The summed E-state index contributed by atoms with van der Waals surface area (Å²) >= 11 is 0. The molecule has 1 aliphatic rings. The zero-order valence-corrected chi connectivity index (χ0v) is 21.9. The molecule has 0 bridgehead atoms. The van der Waals surface area contributed by atoms with Crippen LogP contribution in [0, 0.1) is 0 Å². The Hall–Kier alpha value is -2.03. The van der Waals surface area contributed by atoms with E-state index in [0.717, 1.165) is 11.1 Å². The van der Waals surface area contributed by atoms with Gasteiger partial charge in [-0.05, 0) is 29.3 Å². The molecule has 0 aromatic heterocycles. The summed E-state index contributed by atoms with van der Waals surface area (Å²) in [6, 6.07) is 19.9. The van der Waals surface area contributed by atoms with Crippen LogP contribution in [-0.4, -0.2) is 50.4 Å². The van der Waals surface area contributed by atoms with Gasteiger partial charge in [0.05, 0.1) is 32.3 Å². The predicted octanol–water partition coefficient (Wildman–Crippen LogP) is 5.42. The highest BCUT2D eigenvalue weighted by Crippen LogP contribution is 2.41. The zero-order valence-electron chi connectivity index (χ0n) is 20.9. The Morgan fingerprint density at radius 3 is 2.00 bits per heavy atom. The van der Waals surface area contributed by atoms with Crippen molar-refractivity contribution in [1.29, 1.82) is 0 Å². The van der Waals surface area contributed by atoms with Gasteiger partial charge in [-0.25, -0.2) is 0 Å². The summed E-state index contributed by atoms with van der Waals surface area (Å²) in [5.74, 6) is -0.915. The number of carbonyl (C=O) groups is 1. The van der Waals surface area contributed by atoms with Gasteiger partial charge in [0.2, 0.25) is 0 Å². The third kappa shape index (κ3) is 7.23. The van der Waals surface area contributed by atoms with Gasteiger partial charge in [0, 0.05) is 0 Å². The molecule has 0 spiro atoms. The molecule has 3 rings (SSSR count). The molecule has 0 amide bonds. The second-order valence-corrected chi connectivity index (χ2v) is 15.2. The van der Waals surface area contributed by atoms with E-state index in [9.17, 15) is 9.90 Å². The fourth-order valence-electron chi connectivity index (χ4n) is 3.77. The monoisotopic (exact) mass is 486 g/mol. The van der Waals surface area contributed by atoms with Crippen molar-refractivity contribution >= 4 is 14.3 Å². The summed E-state index contributed by atoms with van der Waals surface area (Å²) in [7, 11) is -2.22. The van der Waals surface area contributed by atoms with Gasteiger partial charge in [0.25, 0.3) is 0 Å². The van der Waals surface area contributed by atoms with Gasteiger partial charge in [-0.1, -0.05) is 81.4 Å². The molecule has 4 atom stereocenters. The molecule has 1 saturated heterocycles. The summed E-state index contributed by atoms with van der Waals surface area (Å²) in [6.45, 7) is 12.0. The van der Waals surface area contributed by atoms with Crippen molar-refractivity contribution in [3.63, 3.8) is 0 Å². The molecule has 1 heterocycles. The van der Waals surface area contributed by atoms with Crippen LogP contribution in [0.1, 0.15) is 38.3 Å². The van der Waals surface area contributed by atoms with Crippen molar-refractivity contribution in [3.8, 4) is 0 Å². The third-order valence-electron chi connectivity index (χ3n) is 6.70. The smallest absolute Gasteiger partial charge is 0.306 e. The van der Waals surface area contributed by atoms with Crippen LogP contribution < -0.4 is 0 Å². The fourth-order valence-corrected chi connectivity index (χ4v) is 5.09. The number of hydrogen-bond donors (Lipinski definition) is 1. The number of rotatable bonds is 11. The van der Waals surface area contributed by atoms with Crippen molar-refractivity contribution in [1.82, 2.24) is 0 Å². The summed E-state index contributed by atoms with van der Waals surface area (Å²) < 4.78 is 25.4. The lowest BCUT2D eigenvalue weighted by Crippen LogP contribution is -2.50. The van der Waals surface area contributed by atoms with Crippen LogP contribution in [0.2, 0.25) is 18.1 Å². The molecular weight excluding hydrogens is 448 g/mol. The van der Waals surface area contributed by atoms with Gasteiger partial charge in [-0.3, -0.25) is 4.79 Å². The number of carboxylic acids is 1. The Morgan fingerprint density at radius 2 is 1.47 bits per heavy atom. The Morgan fingerprint density at radius 1 is 0.912 bits per heavy atom. The second-order valence-electron chi connectivity index (χ2n) is 10.4. The first-order valence-corrected chi connectivity index (χ1v) is 14.8. The molecule has 1 fully saturated rings. The second kappa shape index (κ2) is 11.6. The molecule has 7 heteroatoms. The van der Waals surface area contributed by atoms with Gasteiger partial charge < -0.3 is 23.7 Å². The number of carboxylic acid groups (broad SMARTS) is 1. The van der Waals surface area contributed by atoms with Gasteiger partial charge in [-0.2, -0.15) is 0 Å². The Labute approximate surface area is 204 Å². The summed E-state index contributed by atoms with van der Waals surface area (Å²) in [4.78, 5) is 11.7. The van der Waals surface area contributed by atoms with E-state index in [1.807, 2.05) is 60.7 Å². The molecule has 2 aromatic carbocycles. The van der Waals surface area contributed by atoms with Crippen molar-refractivity contribution in [2.75, 3.05) is 6.61 Å². The summed E-state index contributed by atoms with van der Waals surface area (Å²) in [6.07, 6.45) is -2.08. The van der Waals surface area contributed by atoms with Gasteiger partial charge in [-0.15, -0.1) is 0 Å². The topological polar surface area (TPSA) is 74.2 Å². The lowest BCUT2D eigenvalue weighted by atomic mass is 10.1. The number of hydrogen-bond acceptors (Lipinski definition) is 5. The van der Waals surface area contributed by atoms with Crippen molar-refractivity contribution < 1.29 is 28.5 Å².